The summed E-state index contributed by atoms with van der Waals surface area (Å²) in [5.74, 6) is 0. The maximum Gasteiger partial charge on any atom is 0.297 e. The molecule has 1 N–H and O–H groups in total. The summed E-state index contributed by atoms with van der Waals surface area (Å²) in [6, 6.07) is 6.56. The lowest BCUT2D eigenvalue weighted by molar-refractivity contribution is 0.0928. The molecule has 140 valence electrons. The lowest BCUT2D eigenvalue weighted by Crippen LogP contribution is -2.11. The Labute approximate surface area is 145 Å². The third-order valence-electron chi connectivity index (χ3n) is 2.71. The van der Waals surface area contributed by atoms with Gasteiger partial charge >= 0.3 is 0 Å². The van der Waals surface area contributed by atoms with E-state index in [-0.39, 0.29) is 18.1 Å². The third-order valence-corrected chi connectivity index (χ3v) is 4.03. The lowest BCUT2D eigenvalue weighted by Gasteiger charge is -2.06. The van der Waals surface area contributed by atoms with Crippen LogP contribution in [-0.4, -0.2) is 53.2 Å². The van der Waals surface area contributed by atoms with Crippen LogP contribution in [0.2, 0.25) is 0 Å². The Morgan fingerprint density at radius 1 is 0.875 bits per heavy atom. The van der Waals surface area contributed by atoms with Gasteiger partial charge in [-0.1, -0.05) is 31.5 Å². The molecule has 0 heterocycles. The molecule has 0 saturated heterocycles. The molecule has 0 aliphatic rings. The SMILES string of the molecule is CCCOCCO.CCCOCCOS(=O)(=O)c1ccc(C)cc1. The van der Waals surface area contributed by atoms with Crippen LogP contribution in [0.25, 0.3) is 0 Å². The zero-order valence-electron chi connectivity index (χ0n) is 14.9. The van der Waals surface area contributed by atoms with Crippen molar-refractivity contribution in [3.63, 3.8) is 0 Å². The molecule has 0 saturated carbocycles. The van der Waals surface area contributed by atoms with E-state index in [1.807, 2.05) is 20.8 Å². The average Bonchev–Trinajstić information content (AvgIpc) is 2.56. The number of aryl methyl sites for hydroxylation is 1. The second-order valence-electron chi connectivity index (χ2n) is 5.04. The van der Waals surface area contributed by atoms with E-state index < -0.39 is 10.1 Å². The molecule has 0 bridgehead atoms. The van der Waals surface area contributed by atoms with Crippen molar-refractivity contribution >= 4 is 10.1 Å². The van der Waals surface area contributed by atoms with Gasteiger partial charge in [0, 0.05) is 13.2 Å². The third kappa shape index (κ3) is 11.5. The molecular formula is C17H30O6S. The van der Waals surface area contributed by atoms with Crippen molar-refractivity contribution in [3.8, 4) is 0 Å². The van der Waals surface area contributed by atoms with Gasteiger partial charge in [-0.25, -0.2) is 0 Å². The van der Waals surface area contributed by atoms with Crippen LogP contribution in [0, 0.1) is 6.92 Å². The summed E-state index contributed by atoms with van der Waals surface area (Å²) in [5, 5.41) is 8.17. The highest BCUT2D eigenvalue weighted by Gasteiger charge is 2.14. The molecule has 1 aromatic rings. The second-order valence-corrected chi connectivity index (χ2v) is 6.65. The van der Waals surface area contributed by atoms with Crippen molar-refractivity contribution in [1.29, 1.82) is 0 Å². The van der Waals surface area contributed by atoms with Crippen molar-refractivity contribution < 1.29 is 27.2 Å². The molecule has 24 heavy (non-hydrogen) atoms. The molecule has 0 aromatic heterocycles. The number of aliphatic hydroxyl groups is 1. The van der Waals surface area contributed by atoms with Crippen LogP contribution in [0.4, 0.5) is 0 Å². The molecule has 7 heteroatoms. The summed E-state index contributed by atoms with van der Waals surface area (Å²) in [7, 11) is -3.64. The van der Waals surface area contributed by atoms with E-state index in [0.29, 0.717) is 19.8 Å². The smallest absolute Gasteiger partial charge is 0.297 e. The molecule has 0 radical (unpaired) electrons. The fraction of sp³-hybridized carbons (Fsp3) is 0.647. The van der Waals surface area contributed by atoms with E-state index in [9.17, 15) is 8.42 Å². The van der Waals surface area contributed by atoms with E-state index >= 15 is 0 Å². The van der Waals surface area contributed by atoms with Crippen molar-refractivity contribution in [2.45, 2.75) is 38.5 Å². The molecule has 0 fully saturated rings. The van der Waals surface area contributed by atoms with Crippen LogP contribution in [0.5, 0.6) is 0 Å². The number of hydrogen-bond donors (Lipinski definition) is 1. The van der Waals surface area contributed by atoms with E-state index in [2.05, 4.69) is 0 Å². The lowest BCUT2D eigenvalue weighted by atomic mass is 10.2. The Morgan fingerprint density at radius 2 is 1.42 bits per heavy atom. The van der Waals surface area contributed by atoms with Gasteiger partial charge < -0.3 is 14.6 Å². The Morgan fingerprint density at radius 3 is 1.92 bits per heavy atom. The Hall–Kier alpha value is -0.990. The summed E-state index contributed by atoms with van der Waals surface area (Å²) in [4.78, 5) is 0.179. The number of rotatable bonds is 11. The molecular weight excluding hydrogens is 332 g/mol. The number of hydrogen-bond acceptors (Lipinski definition) is 6. The molecule has 0 spiro atoms. The van der Waals surface area contributed by atoms with Gasteiger partial charge in [0.05, 0.1) is 31.3 Å². The van der Waals surface area contributed by atoms with Crippen LogP contribution in [0.15, 0.2) is 29.2 Å². The van der Waals surface area contributed by atoms with Gasteiger partial charge in [0.25, 0.3) is 10.1 Å². The van der Waals surface area contributed by atoms with Gasteiger partial charge in [0.15, 0.2) is 0 Å². The maximum absolute atomic E-state index is 11.7. The summed E-state index contributed by atoms with van der Waals surface area (Å²) >= 11 is 0. The topological polar surface area (TPSA) is 82.1 Å². The molecule has 0 atom stereocenters. The molecule has 0 aliphatic carbocycles. The fourth-order valence-corrected chi connectivity index (χ4v) is 2.43. The number of ether oxygens (including phenoxy) is 2. The van der Waals surface area contributed by atoms with Crippen molar-refractivity contribution in [1.82, 2.24) is 0 Å². The zero-order chi connectivity index (χ0) is 18.3. The highest BCUT2D eigenvalue weighted by Crippen LogP contribution is 2.12. The summed E-state index contributed by atoms with van der Waals surface area (Å²) < 4.78 is 38.3. The molecule has 1 rings (SSSR count). The maximum atomic E-state index is 11.7. The Bertz CT molecular complexity index is 494. The van der Waals surface area contributed by atoms with Crippen LogP contribution >= 0.6 is 0 Å². The predicted molar refractivity (Wildman–Crippen MR) is 93.6 cm³/mol. The predicted octanol–water partition coefficient (Wildman–Crippen LogP) is 2.53. The van der Waals surface area contributed by atoms with E-state index in [4.69, 9.17) is 18.8 Å². The molecule has 0 unspecified atom stereocenters. The Kier molecular flexibility index (Phi) is 13.8. The minimum atomic E-state index is -3.64. The quantitative estimate of drug-likeness (QED) is 0.481. The summed E-state index contributed by atoms with van der Waals surface area (Å²) in [6.07, 6.45) is 1.94. The van der Waals surface area contributed by atoms with Crippen LogP contribution in [-0.2, 0) is 23.8 Å². The van der Waals surface area contributed by atoms with Gasteiger partial charge in [-0.05, 0) is 31.9 Å². The highest BCUT2D eigenvalue weighted by molar-refractivity contribution is 7.86. The molecule has 1 aromatic carbocycles. The van der Waals surface area contributed by atoms with Crippen LogP contribution < -0.4 is 0 Å². The van der Waals surface area contributed by atoms with Crippen LogP contribution in [0.3, 0.4) is 0 Å². The van der Waals surface area contributed by atoms with Gasteiger partial charge in [0.2, 0.25) is 0 Å². The number of aliphatic hydroxyl groups excluding tert-OH is 1. The van der Waals surface area contributed by atoms with E-state index in [1.165, 1.54) is 12.1 Å². The van der Waals surface area contributed by atoms with Crippen molar-refractivity contribution in [2.75, 3.05) is 39.6 Å². The van der Waals surface area contributed by atoms with Gasteiger partial charge in [-0.15, -0.1) is 0 Å². The Balaban J connectivity index is 0.000000640. The van der Waals surface area contributed by atoms with Gasteiger partial charge in [-0.2, -0.15) is 8.42 Å². The van der Waals surface area contributed by atoms with E-state index in [0.717, 1.165) is 25.0 Å². The fourth-order valence-electron chi connectivity index (χ4n) is 1.53. The summed E-state index contributed by atoms with van der Waals surface area (Å²) in [6.45, 7) is 8.27. The molecule has 0 aliphatic heterocycles. The van der Waals surface area contributed by atoms with Crippen molar-refractivity contribution in [2.24, 2.45) is 0 Å². The largest absolute Gasteiger partial charge is 0.394 e. The summed E-state index contributed by atoms with van der Waals surface area (Å²) in [5.41, 5.74) is 1.01. The first-order valence-electron chi connectivity index (χ1n) is 8.20. The highest BCUT2D eigenvalue weighted by atomic mass is 32.2. The molecule has 6 nitrogen and oxygen atoms in total. The second kappa shape index (κ2) is 14.4. The molecule has 0 amide bonds. The van der Waals surface area contributed by atoms with E-state index in [1.54, 1.807) is 12.1 Å². The average molecular weight is 362 g/mol. The minimum absolute atomic E-state index is 0.0518. The van der Waals surface area contributed by atoms with Crippen molar-refractivity contribution in [3.05, 3.63) is 29.8 Å². The van der Waals surface area contributed by atoms with Crippen LogP contribution in [0.1, 0.15) is 32.3 Å². The first-order chi connectivity index (χ1) is 11.5. The first-order valence-corrected chi connectivity index (χ1v) is 9.61. The monoisotopic (exact) mass is 362 g/mol. The minimum Gasteiger partial charge on any atom is -0.394 e. The van der Waals surface area contributed by atoms with Gasteiger partial charge in [0.1, 0.15) is 0 Å². The first kappa shape index (κ1) is 23.0. The van der Waals surface area contributed by atoms with Gasteiger partial charge in [-0.3, -0.25) is 4.18 Å². The zero-order valence-corrected chi connectivity index (χ0v) is 15.7. The number of benzene rings is 1. The standard InChI is InChI=1S/C12H18O4S.C5H12O2/c1-3-8-15-9-10-16-17(13,14)12-6-4-11(2)5-7-12;1-2-4-7-5-3-6/h4-7H,3,8-10H2,1-2H3;6H,2-5H2,1H3. The normalized spacial score (nSPS) is 11.0.